The van der Waals surface area contributed by atoms with E-state index in [1.54, 1.807) is 12.4 Å². The van der Waals surface area contributed by atoms with E-state index in [9.17, 15) is 9.90 Å². The topological polar surface area (TPSA) is 70.4 Å². The van der Waals surface area contributed by atoms with Crippen LogP contribution in [0.15, 0.2) is 54.9 Å². The van der Waals surface area contributed by atoms with E-state index in [-0.39, 0.29) is 11.8 Å². The Morgan fingerprint density at radius 1 is 0.973 bits per heavy atom. The predicted octanol–water partition coefficient (Wildman–Crippen LogP) is 6.76. The molecule has 0 atom stereocenters. The van der Waals surface area contributed by atoms with E-state index in [2.05, 4.69) is 80.9 Å². The molecule has 2 aromatic carbocycles. The fourth-order valence-corrected chi connectivity index (χ4v) is 5.79. The fraction of sp³-hybridized carbons (Fsp3) is 0.394. The molecule has 4 nitrogen and oxygen atoms in total. The minimum atomic E-state index is -0.858. The summed E-state index contributed by atoms with van der Waals surface area (Å²) in [6.07, 6.45) is 8.91. The van der Waals surface area contributed by atoms with Gasteiger partial charge in [-0.15, -0.1) is 0 Å². The standard InChI is InChI=1S/C33H37NO3/c1-5-33(6-2,28-10-9-26(23(3)17-28)13-16-32(37)14-7-8-15-32)29-11-12-30(24(4)18-29)27-19-25(20-31(35)36)21-34-22-27/h9-12,17-19,21-22,37H,5-8,14-15,20H2,1-4H3,(H,35,36). The summed E-state index contributed by atoms with van der Waals surface area (Å²) in [5, 5.41) is 19.8. The van der Waals surface area contributed by atoms with Crippen molar-refractivity contribution in [1.82, 2.24) is 4.98 Å². The van der Waals surface area contributed by atoms with Crippen LogP contribution in [0.2, 0.25) is 0 Å². The highest BCUT2D eigenvalue weighted by molar-refractivity contribution is 5.72. The Kier molecular flexibility index (Phi) is 7.85. The number of hydrogen-bond donors (Lipinski definition) is 2. The number of aliphatic carboxylic acids is 1. The van der Waals surface area contributed by atoms with Gasteiger partial charge in [-0.25, -0.2) is 0 Å². The van der Waals surface area contributed by atoms with E-state index in [1.165, 1.54) is 11.1 Å². The SMILES string of the molecule is CCC(CC)(c1ccc(C#CC2(O)CCCC2)c(C)c1)c1ccc(-c2cncc(CC(=O)O)c2)c(C)c1. The van der Waals surface area contributed by atoms with Gasteiger partial charge in [0.2, 0.25) is 0 Å². The van der Waals surface area contributed by atoms with Crippen LogP contribution in [0.4, 0.5) is 0 Å². The van der Waals surface area contributed by atoms with E-state index in [0.29, 0.717) is 5.56 Å². The second-order valence-electron chi connectivity index (χ2n) is 10.5. The number of hydrogen-bond acceptors (Lipinski definition) is 3. The average molecular weight is 496 g/mol. The molecule has 3 aromatic rings. The molecule has 0 aliphatic heterocycles. The van der Waals surface area contributed by atoms with Gasteiger partial charge in [0.05, 0.1) is 6.42 Å². The van der Waals surface area contributed by atoms with Crippen LogP contribution in [0.25, 0.3) is 11.1 Å². The summed E-state index contributed by atoms with van der Waals surface area (Å²) >= 11 is 0. The van der Waals surface area contributed by atoms with Gasteiger partial charge in [0.15, 0.2) is 0 Å². The van der Waals surface area contributed by atoms with Crippen molar-refractivity contribution in [3.05, 3.63) is 88.2 Å². The van der Waals surface area contributed by atoms with Crippen LogP contribution in [0.5, 0.6) is 0 Å². The first-order valence-corrected chi connectivity index (χ1v) is 13.3. The molecule has 0 bridgehead atoms. The highest BCUT2D eigenvalue weighted by atomic mass is 16.4. The number of carboxylic acid groups (broad SMARTS) is 1. The van der Waals surface area contributed by atoms with E-state index >= 15 is 0 Å². The Bertz CT molecular complexity index is 1350. The first kappa shape index (κ1) is 26.6. The summed E-state index contributed by atoms with van der Waals surface area (Å²) in [5.41, 5.74) is 7.53. The molecule has 0 spiro atoms. The van der Waals surface area contributed by atoms with E-state index in [1.807, 2.05) is 6.07 Å². The highest BCUT2D eigenvalue weighted by Crippen LogP contribution is 2.41. The molecule has 1 fully saturated rings. The maximum Gasteiger partial charge on any atom is 0.307 e. The van der Waals surface area contributed by atoms with Crippen LogP contribution >= 0.6 is 0 Å². The van der Waals surface area contributed by atoms with E-state index in [0.717, 1.165) is 66.3 Å². The molecule has 37 heavy (non-hydrogen) atoms. The van der Waals surface area contributed by atoms with Gasteiger partial charge in [0, 0.05) is 28.9 Å². The summed E-state index contributed by atoms with van der Waals surface area (Å²) < 4.78 is 0. The molecule has 192 valence electrons. The second-order valence-corrected chi connectivity index (χ2v) is 10.5. The second kappa shape index (κ2) is 10.9. The van der Waals surface area contributed by atoms with Crippen molar-refractivity contribution in [1.29, 1.82) is 0 Å². The van der Waals surface area contributed by atoms with E-state index < -0.39 is 11.6 Å². The number of carbonyl (C=O) groups is 1. The molecule has 4 heteroatoms. The summed E-state index contributed by atoms with van der Waals surface area (Å²) in [7, 11) is 0. The van der Waals surface area contributed by atoms with Crippen LogP contribution < -0.4 is 0 Å². The molecule has 1 aliphatic carbocycles. The molecule has 0 radical (unpaired) electrons. The molecule has 4 rings (SSSR count). The van der Waals surface area contributed by atoms with Gasteiger partial charge >= 0.3 is 5.97 Å². The third-order valence-electron chi connectivity index (χ3n) is 8.09. The predicted molar refractivity (Wildman–Crippen MR) is 149 cm³/mol. The summed E-state index contributed by atoms with van der Waals surface area (Å²) in [5.74, 6) is 5.54. The normalized spacial score (nSPS) is 14.7. The van der Waals surface area contributed by atoms with Gasteiger partial charge < -0.3 is 10.2 Å². The monoisotopic (exact) mass is 495 g/mol. The molecule has 1 aromatic heterocycles. The smallest absolute Gasteiger partial charge is 0.307 e. The molecule has 1 aliphatic rings. The number of carboxylic acids is 1. The Hall–Kier alpha value is -3.42. The molecule has 1 heterocycles. The summed E-state index contributed by atoms with van der Waals surface area (Å²) in [4.78, 5) is 15.4. The Balaban J connectivity index is 1.68. The molecular weight excluding hydrogens is 458 g/mol. The number of aliphatic hydroxyl groups is 1. The molecule has 0 unspecified atom stereocenters. The van der Waals surface area contributed by atoms with Gasteiger partial charge in [-0.1, -0.05) is 56.0 Å². The van der Waals surface area contributed by atoms with Crippen molar-refractivity contribution < 1.29 is 15.0 Å². The Labute approximate surface area is 220 Å². The van der Waals surface area contributed by atoms with Crippen LogP contribution in [0.3, 0.4) is 0 Å². The van der Waals surface area contributed by atoms with Crippen LogP contribution in [0, 0.1) is 25.7 Å². The summed E-state index contributed by atoms with van der Waals surface area (Å²) in [6.45, 7) is 8.69. The minimum absolute atomic E-state index is 0.0359. The molecule has 2 N–H and O–H groups in total. The lowest BCUT2D eigenvalue weighted by molar-refractivity contribution is -0.136. The third-order valence-corrected chi connectivity index (χ3v) is 8.09. The summed E-state index contributed by atoms with van der Waals surface area (Å²) in [6, 6.07) is 15.1. The van der Waals surface area contributed by atoms with Crippen LogP contribution in [-0.4, -0.2) is 26.8 Å². The molecule has 1 saturated carbocycles. The lowest BCUT2D eigenvalue weighted by Crippen LogP contribution is -2.26. The lowest BCUT2D eigenvalue weighted by Gasteiger charge is -2.34. The van der Waals surface area contributed by atoms with Gasteiger partial charge in [-0.2, -0.15) is 0 Å². The number of nitrogens with zero attached hydrogens (tertiary/aromatic N) is 1. The maximum absolute atomic E-state index is 11.1. The van der Waals surface area contributed by atoms with Crippen LogP contribution in [0.1, 0.15) is 85.8 Å². The average Bonchev–Trinajstić information content (AvgIpc) is 3.31. The lowest BCUT2D eigenvalue weighted by atomic mass is 9.69. The number of pyridine rings is 1. The first-order valence-electron chi connectivity index (χ1n) is 13.3. The van der Waals surface area contributed by atoms with Gasteiger partial charge in [-0.05, 0) is 97.9 Å². The Morgan fingerprint density at radius 2 is 1.62 bits per heavy atom. The van der Waals surface area contributed by atoms with Crippen molar-refractivity contribution in [2.75, 3.05) is 0 Å². The van der Waals surface area contributed by atoms with Crippen molar-refractivity contribution in [2.45, 2.75) is 83.7 Å². The van der Waals surface area contributed by atoms with Crippen molar-refractivity contribution in [3.8, 4) is 23.0 Å². The largest absolute Gasteiger partial charge is 0.481 e. The number of benzene rings is 2. The van der Waals surface area contributed by atoms with Crippen LogP contribution in [-0.2, 0) is 16.6 Å². The molecular formula is C33H37NO3. The quantitative estimate of drug-likeness (QED) is 0.356. The number of aryl methyl sites for hydroxylation is 2. The molecule has 0 saturated heterocycles. The van der Waals surface area contributed by atoms with Crippen molar-refractivity contribution >= 4 is 5.97 Å². The van der Waals surface area contributed by atoms with Gasteiger partial charge in [-0.3, -0.25) is 9.78 Å². The maximum atomic E-state index is 11.1. The minimum Gasteiger partial charge on any atom is -0.481 e. The number of rotatable bonds is 7. The Morgan fingerprint density at radius 3 is 2.22 bits per heavy atom. The first-order chi connectivity index (χ1) is 17.7. The van der Waals surface area contributed by atoms with Gasteiger partial charge in [0.25, 0.3) is 0 Å². The highest BCUT2D eigenvalue weighted by Gasteiger charge is 2.32. The van der Waals surface area contributed by atoms with E-state index in [4.69, 9.17) is 5.11 Å². The fourth-order valence-electron chi connectivity index (χ4n) is 5.79. The zero-order valence-electron chi connectivity index (χ0n) is 22.4. The third kappa shape index (κ3) is 5.63. The number of aromatic nitrogens is 1. The zero-order valence-corrected chi connectivity index (χ0v) is 22.4. The van der Waals surface area contributed by atoms with Crippen molar-refractivity contribution in [3.63, 3.8) is 0 Å². The van der Waals surface area contributed by atoms with Crippen molar-refractivity contribution in [2.24, 2.45) is 0 Å². The van der Waals surface area contributed by atoms with Gasteiger partial charge in [0.1, 0.15) is 5.60 Å². The zero-order chi connectivity index (χ0) is 26.6. The molecule has 0 amide bonds.